The fourth-order valence-corrected chi connectivity index (χ4v) is 4.12. The van der Waals surface area contributed by atoms with Gasteiger partial charge >= 0.3 is 0 Å². The van der Waals surface area contributed by atoms with Crippen LogP contribution in [0.1, 0.15) is 25.7 Å². The van der Waals surface area contributed by atoms with Gasteiger partial charge in [0.15, 0.2) is 11.5 Å². The smallest absolute Gasteiger partial charge is 0.261 e. The van der Waals surface area contributed by atoms with E-state index in [0.717, 1.165) is 12.8 Å². The first-order valence-corrected chi connectivity index (χ1v) is 9.78. The Morgan fingerprint density at radius 1 is 0.960 bits per heavy atom. The van der Waals surface area contributed by atoms with Gasteiger partial charge in [0, 0.05) is 6.07 Å². The predicted molar refractivity (Wildman–Crippen MR) is 92.7 cm³/mol. The van der Waals surface area contributed by atoms with Gasteiger partial charge in [-0.1, -0.05) is 0 Å². The monoisotopic (exact) mass is 361 g/mol. The summed E-state index contributed by atoms with van der Waals surface area (Å²) in [4.78, 5) is 0.184. The van der Waals surface area contributed by atoms with E-state index in [-0.39, 0.29) is 17.8 Å². The van der Waals surface area contributed by atoms with Crippen molar-refractivity contribution in [2.45, 2.75) is 36.7 Å². The molecule has 0 bridgehead atoms. The molecule has 0 radical (unpaired) electrons. The topological polar surface area (TPSA) is 73.9 Å². The molecule has 0 amide bonds. The lowest BCUT2D eigenvalue weighted by atomic mass is 10.3. The molecule has 0 saturated heterocycles. The highest BCUT2D eigenvalue weighted by atomic mass is 32.2. The lowest BCUT2D eigenvalue weighted by molar-refractivity contribution is 0.174. The molecule has 0 spiro atoms. The highest BCUT2D eigenvalue weighted by Gasteiger charge is 2.19. The van der Waals surface area contributed by atoms with E-state index in [4.69, 9.17) is 14.2 Å². The van der Waals surface area contributed by atoms with Gasteiger partial charge < -0.3 is 14.2 Å². The minimum Gasteiger partial charge on any atom is -0.490 e. The SMILES string of the molecule is O=S(=O)(Nc1ccc2c(c1)OCO2)c1ccc(OC2CCCC2)cc1. The van der Waals surface area contributed by atoms with Crippen LogP contribution < -0.4 is 18.9 Å². The van der Waals surface area contributed by atoms with E-state index in [0.29, 0.717) is 22.9 Å². The van der Waals surface area contributed by atoms with Crippen LogP contribution in [-0.2, 0) is 10.0 Å². The first-order valence-electron chi connectivity index (χ1n) is 8.29. The number of rotatable bonds is 5. The third-order valence-electron chi connectivity index (χ3n) is 4.36. The van der Waals surface area contributed by atoms with Crippen LogP contribution in [-0.4, -0.2) is 21.3 Å². The fourth-order valence-electron chi connectivity index (χ4n) is 3.07. The van der Waals surface area contributed by atoms with Gasteiger partial charge in [0.1, 0.15) is 5.75 Å². The number of sulfonamides is 1. The first-order chi connectivity index (χ1) is 12.1. The first kappa shape index (κ1) is 16.1. The molecule has 0 aromatic heterocycles. The molecule has 2 aromatic rings. The van der Waals surface area contributed by atoms with Crippen LogP contribution in [0.2, 0.25) is 0 Å². The Balaban J connectivity index is 1.47. The number of hydrogen-bond acceptors (Lipinski definition) is 5. The minimum atomic E-state index is -3.68. The van der Waals surface area contributed by atoms with E-state index in [1.807, 2.05) is 0 Å². The van der Waals surface area contributed by atoms with E-state index in [1.165, 1.54) is 12.8 Å². The second-order valence-electron chi connectivity index (χ2n) is 6.17. The maximum atomic E-state index is 12.5. The van der Waals surface area contributed by atoms with E-state index >= 15 is 0 Å². The molecule has 4 rings (SSSR count). The van der Waals surface area contributed by atoms with Crippen LogP contribution in [0.4, 0.5) is 5.69 Å². The van der Waals surface area contributed by atoms with Crippen LogP contribution in [0.25, 0.3) is 0 Å². The van der Waals surface area contributed by atoms with Gasteiger partial charge in [-0.3, -0.25) is 4.72 Å². The quantitative estimate of drug-likeness (QED) is 0.882. The van der Waals surface area contributed by atoms with Crippen molar-refractivity contribution in [3.63, 3.8) is 0 Å². The van der Waals surface area contributed by atoms with E-state index in [1.54, 1.807) is 42.5 Å². The second kappa shape index (κ2) is 6.48. The molecule has 1 aliphatic heterocycles. The van der Waals surface area contributed by atoms with Gasteiger partial charge in [-0.15, -0.1) is 0 Å². The summed E-state index contributed by atoms with van der Waals surface area (Å²) in [5.41, 5.74) is 0.426. The van der Waals surface area contributed by atoms with Crippen molar-refractivity contribution in [2.24, 2.45) is 0 Å². The fraction of sp³-hybridized carbons (Fsp3) is 0.333. The molecule has 1 N–H and O–H groups in total. The molecule has 132 valence electrons. The van der Waals surface area contributed by atoms with Gasteiger partial charge in [-0.05, 0) is 62.1 Å². The third-order valence-corrected chi connectivity index (χ3v) is 5.76. The van der Waals surface area contributed by atoms with Crippen LogP contribution >= 0.6 is 0 Å². The zero-order valence-electron chi connectivity index (χ0n) is 13.6. The van der Waals surface area contributed by atoms with Crippen LogP contribution in [0.3, 0.4) is 0 Å². The van der Waals surface area contributed by atoms with E-state index < -0.39 is 10.0 Å². The molecule has 25 heavy (non-hydrogen) atoms. The summed E-state index contributed by atoms with van der Waals surface area (Å²) < 4.78 is 44.0. The lowest BCUT2D eigenvalue weighted by Gasteiger charge is -2.13. The third kappa shape index (κ3) is 3.51. The Morgan fingerprint density at radius 2 is 1.68 bits per heavy atom. The molecule has 7 heteroatoms. The van der Waals surface area contributed by atoms with Crippen molar-refractivity contribution in [1.82, 2.24) is 0 Å². The summed E-state index contributed by atoms with van der Waals surface area (Å²) in [7, 11) is -3.68. The molecule has 2 aliphatic rings. The summed E-state index contributed by atoms with van der Waals surface area (Å²) >= 11 is 0. The molecule has 2 aromatic carbocycles. The number of anilines is 1. The van der Waals surface area contributed by atoms with Crippen molar-refractivity contribution in [2.75, 3.05) is 11.5 Å². The van der Waals surface area contributed by atoms with E-state index in [9.17, 15) is 8.42 Å². The normalized spacial score (nSPS) is 16.8. The van der Waals surface area contributed by atoms with E-state index in [2.05, 4.69) is 4.72 Å². The van der Waals surface area contributed by atoms with Crippen LogP contribution in [0.5, 0.6) is 17.2 Å². The van der Waals surface area contributed by atoms with Gasteiger partial charge in [-0.2, -0.15) is 0 Å². The molecule has 1 aliphatic carbocycles. The lowest BCUT2D eigenvalue weighted by Crippen LogP contribution is -2.13. The Kier molecular flexibility index (Phi) is 4.17. The van der Waals surface area contributed by atoms with Gasteiger partial charge in [0.05, 0.1) is 16.7 Å². The number of nitrogens with one attached hydrogen (secondary N) is 1. The van der Waals surface area contributed by atoms with Crippen molar-refractivity contribution >= 4 is 15.7 Å². The van der Waals surface area contributed by atoms with Gasteiger partial charge in [0.25, 0.3) is 10.0 Å². The Morgan fingerprint density at radius 3 is 2.44 bits per heavy atom. The molecular weight excluding hydrogens is 342 g/mol. The maximum Gasteiger partial charge on any atom is 0.261 e. The van der Waals surface area contributed by atoms with Crippen molar-refractivity contribution < 1.29 is 22.6 Å². The Hall–Kier alpha value is -2.41. The Labute approximate surface area is 146 Å². The Bertz CT molecular complexity index is 858. The summed E-state index contributed by atoms with van der Waals surface area (Å²) in [6.07, 6.45) is 4.75. The summed E-state index contributed by atoms with van der Waals surface area (Å²) in [6, 6.07) is 11.4. The van der Waals surface area contributed by atoms with Crippen molar-refractivity contribution in [1.29, 1.82) is 0 Å². The minimum absolute atomic E-state index is 0.147. The van der Waals surface area contributed by atoms with Crippen LogP contribution in [0.15, 0.2) is 47.4 Å². The number of hydrogen-bond donors (Lipinski definition) is 1. The largest absolute Gasteiger partial charge is 0.490 e. The number of fused-ring (bicyclic) bond motifs is 1. The highest BCUT2D eigenvalue weighted by molar-refractivity contribution is 7.92. The average Bonchev–Trinajstić information content (AvgIpc) is 3.26. The number of ether oxygens (including phenoxy) is 3. The average molecular weight is 361 g/mol. The molecule has 0 atom stereocenters. The summed E-state index contributed by atoms with van der Waals surface area (Å²) in [5, 5.41) is 0. The molecule has 1 saturated carbocycles. The zero-order valence-corrected chi connectivity index (χ0v) is 14.4. The standard InChI is InChI=1S/C18H19NO5S/c20-25(21,19-13-5-10-17-18(11-13)23-12-22-17)16-8-6-15(7-9-16)24-14-3-1-2-4-14/h5-11,14,19H,1-4,12H2. The summed E-state index contributed by atoms with van der Waals surface area (Å²) in [5.74, 6) is 1.84. The predicted octanol–water partition coefficient (Wildman–Crippen LogP) is 3.54. The maximum absolute atomic E-state index is 12.5. The van der Waals surface area contributed by atoms with Gasteiger partial charge in [-0.25, -0.2) is 8.42 Å². The van der Waals surface area contributed by atoms with Gasteiger partial charge in [0.2, 0.25) is 6.79 Å². The van der Waals surface area contributed by atoms with Crippen molar-refractivity contribution in [3.05, 3.63) is 42.5 Å². The summed E-state index contributed by atoms with van der Waals surface area (Å²) in [6.45, 7) is 0.147. The molecule has 6 nitrogen and oxygen atoms in total. The van der Waals surface area contributed by atoms with Crippen molar-refractivity contribution in [3.8, 4) is 17.2 Å². The zero-order chi connectivity index (χ0) is 17.3. The molecule has 0 unspecified atom stereocenters. The highest BCUT2D eigenvalue weighted by Crippen LogP contribution is 2.35. The molecular formula is C18H19NO5S. The second-order valence-corrected chi connectivity index (χ2v) is 7.85. The number of benzene rings is 2. The molecule has 1 heterocycles. The van der Waals surface area contributed by atoms with Crippen LogP contribution in [0, 0.1) is 0 Å². The molecule has 1 fully saturated rings.